The SMILES string of the molecule is CCC(C(=O)c1ccc(Cl)cc1)n1ncn(-c2ccc(N3CCN(c4ccccc4O)CC3)nc2)c1=O. The molecule has 10 heteroatoms. The Balaban J connectivity index is 1.29. The van der Waals surface area contributed by atoms with Crippen molar-refractivity contribution in [1.82, 2.24) is 19.3 Å². The van der Waals surface area contributed by atoms with Gasteiger partial charge in [-0.3, -0.25) is 4.79 Å². The minimum atomic E-state index is -0.720. The standard InChI is InChI=1S/C27H27ClN6O3/c1-2-22(26(36)19-7-9-20(28)10-8-19)34-27(37)33(18-30-34)21-11-12-25(29-17-21)32-15-13-31(14-16-32)23-5-3-4-6-24(23)35/h3-12,17-18,22,35H,2,13-16H2,1H3. The van der Waals surface area contributed by atoms with Crippen molar-refractivity contribution < 1.29 is 9.90 Å². The number of pyridine rings is 1. The van der Waals surface area contributed by atoms with Crippen LogP contribution in [-0.2, 0) is 0 Å². The lowest BCUT2D eigenvalue weighted by molar-refractivity contribution is 0.0911. The number of para-hydroxylation sites is 2. The second-order valence-corrected chi connectivity index (χ2v) is 9.30. The third-order valence-corrected chi connectivity index (χ3v) is 6.90. The number of hydrogen-bond acceptors (Lipinski definition) is 7. The van der Waals surface area contributed by atoms with E-state index in [-0.39, 0.29) is 11.5 Å². The van der Waals surface area contributed by atoms with Gasteiger partial charge in [-0.25, -0.2) is 19.0 Å². The second-order valence-electron chi connectivity index (χ2n) is 8.86. The smallest absolute Gasteiger partial charge is 0.351 e. The quantitative estimate of drug-likeness (QED) is 0.370. The van der Waals surface area contributed by atoms with Crippen molar-refractivity contribution in [2.75, 3.05) is 36.0 Å². The summed E-state index contributed by atoms with van der Waals surface area (Å²) in [7, 11) is 0. The summed E-state index contributed by atoms with van der Waals surface area (Å²) in [5.41, 5.74) is 1.48. The van der Waals surface area contributed by atoms with Gasteiger partial charge in [0.2, 0.25) is 0 Å². The van der Waals surface area contributed by atoms with Crippen LogP contribution in [0.25, 0.3) is 5.69 Å². The first-order chi connectivity index (χ1) is 18.0. The molecule has 1 saturated heterocycles. The van der Waals surface area contributed by atoms with Crippen LogP contribution in [0.5, 0.6) is 5.75 Å². The first kappa shape index (κ1) is 24.6. The van der Waals surface area contributed by atoms with Gasteiger partial charge in [0.15, 0.2) is 5.78 Å². The number of aromatic hydroxyl groups is 1. The lowest BCUT2D eigenvalue weighted by atomic mass is 10.0. The number of aromatic nitrogens is 4. The fraction of sp³-hybridized carbons (Fsp3) is 0.259. The molecule has 190 valence electrons. The predicted octanol–water partition coefficient (Wildman–Crippen LogP) is 3.95. The normalized spacial score (nSPS) is 14.5. The molecule has 1 aliphatic heterocycles. The molecule has 2 aromatic heterocycles. The third kappa shape index (κ3) is 4.95. The summed E-state index contributed by atoms with van der Waals surface area (Å²) in [4.78, 5) is 35.1. The van der Waals surface area contributed by atoms with Gasteiger partial charge in [0.25, 0.3) is 0 Å². The van der Waals surface area contributed by atoms with Crippen LogP contribution in [0.2, 0.25) is 5.02 Å². The summed E-state index contributed by atoms with van der Waals surface area (Å²) < 4.78 is 2.62. The van der Waals surface area contributed by atoms with Crippen LogP contribution >= 0.6 is 11.6 Å². The maximum absolute atomic E-state index is 13.2. The number of rotatable bonds is 7. The molecule has 0 saturated carbocycles. The van der Waals surface area contributed by atoms with E-state index < -0.39 is 11.7 Å². The zero-order valence-corrected chi connectivity index (χ0v) is 21.1. The molecule has 0 bridgehead atoms. The average molecular weight is 519 g/mol. The van der Waals surface area contributed by atoms with Crippen LogP contribution in [-0.4, -0.2) is 56.4 Å². The van der Waals surface area contributed by atoms with Crippen LogP contribution in [0, 0.1) is 0 Å². The van der Waals surface area contributed by atoms with E-state index in [0.29, 0.717) is 22.7 Å². The molecule has 1 atom stereocenters. The third-order valence-electron chi connectivity index (χ3n) is 6.64. The number of hydrogen-bond donors (Lipinski definition) is 1. The fourth-order valence-electron chi connectivity index (χ4n) is 4.60. The van der Waals surface area contributed by atoms with Crippen molar-refractivity contribution in [3.8, 4) is 11.4 Å². The van der Waals surface area contributed by atoms with Crippen molar-refractivity contribution >= 4 is 28.9 Å². The number of nitrogens with zero attached hydrogens (tertiary/aromatic N) is 6. The summed E-state index contributed by atoms with van der Waals surface area (Å²) in [6.45, 7) is 4.87. The molecule has 0 spiro atoms. The fourth-order valence-corrected chi connectivity index (χ4v) is 4.73. The molecule has 5 rings (SSSR count). The van der Waals surface area contributed by atoms with Gasteiger partial charge >= 0.3 is 5.69 Å². The maximum atomic E-state index is 13.2. The van der Waals surface area contributed by atoms with E-state index in [1.807, 2.05) is 37.3 Å². The van der Waals surface area contributed by atoms with E-state index >= 15 is 0 Å². The molecular formula is C27H27ClN6O3. The lowest BCUT2D eigenvalue weighted by Gasteiger charge is -2.36. The maximum Gasteiger partial charge on any atom is 0.351 e. The molecular weight excluding hydrogens is 492 g/mol. The largest absolute Gasteiger partial charge is 0.506 e. The topological polar surface area (TPSA) is 96.5 Å². The Morgan fingerprint density at radius 3 is 2.35 bits per heavy atom. The molecule has 1 N–H and O–H groups in total. The molecule has 0 aliphatic carbocycles. The Kier molecular flexibility index (Phi) is 6.96. The Labute approximate surface area is 219 Å². The molecule has 2 aromatic carbocycles. The highest BCUT2D eigenvalue weighted by atomic mass is 35.5. The summed E-state index contributed by atoms with van der Waals surface area (Å²) in [5.74, 6) is 0.901. The molecule has 3 heterocycles. The number of carbonyl (C=O) groups is 1. The van der Waals surface area contributed by atoms with Crippen LogP contribution in [0.4, 0.5) is 11.5 Å². The van der Waals surface area contributed by atoms with Crippen LogP contribution in [0.15, 0.2) is 78.0 Å². The van der Waals surface area contributed by atoms with Crippen molar-refractivity contribution in [2.24, 2.45) is 0 Å². The number of phenolic OH excluding ortho intramolecular Hbond substituents is 1. The van der Waals surface area contributed by atoms with E-state index in [0.717, 1.165) is 37.7 Å². The zero-order chi connectivity index (χ0) is 25.9. The van der Waals surface area contributed by atoms with E-state index in [1.165, 1.54) is 15.6 Å². The van der Waals surface area contributed by atoms with Gasteiger partial charge in [-0.05, 0) is 55.0 Å². The van der Waals surface area contributed by atoms with Gasteiger partial charge in [0.1, 0.15) is 23.9 Å². The molecule has 4 aromatic rings. The number of benzene rings is 2. The molecule has 9 nitrogen and oxygen atoms in total. The van der Waals surface area contributed by atoms with Gasteiger partial charge < -0.3 is 14.9 Å². The zero-order valence-electron chi connectivity index (χ0n) is 20.4. The summed E-state index contributed by atoms with van der Waals surface area (Å²) >= 11 is 5.94. The first-order valence-corrected chi connectivity index (χ1v) is 12.5. The average Bonchev–Trinajstić information content (AvgIpc) is 3.31. The highest BCUT2D eigenvalue weighted by Crippen LogP contribution is 2.28. The van der Waals surface area contributed by atoms with Gasteiger partial charge in [-0.1, -0.05) is 30.7 Å². The molecule has 0 amide bonds. The molecule has 1 unspecified atom stereocenters. The second kappa shape index (κ2) is 10.5. The summed E-state index contributed by atoms with van der Waals surface area (Å²) in [6.07, 6.45) is 3.48. The highest BCUT2D eigenvalue weighted by molar-refractivity contribution is 6.30. The number of Topliss-reactive ketones (excluding diaryl/α,β-unsaturated/α-hetero) is 1. The molecule has 1 aliphatic rings. The van der Waals surface area contributed by atoms with Gasteiger partial charge in [-0.2, -0.15) is 5.10 Å². The number of phenols is 1. The van der Waals surface area contributed by atoms with Crippen molar-refractivity contribution in [3.63, 3.8) is 0 Å². The predicted molar refractivity (Wildman–Crippen MR) is 143 cm³/mol. The number of piperazine rings is 1. The van der Waals surface area contributed by atoms with E-state index in [9.17, 15) is 14.7 Å². The lowest BCUT2D eigenvalue weighted by Crippen LogP contribution is -2.46. The molecule has 37 heavy (non-hydrogen) atoms. The van der Waals surface area contributed by atoms with E-state index in [2.05, 4.69) is 19.9 Å². The van der Waals surface area contributed by atoms with Gasteiger partial charge in [-0.15, -0.1) is 0 Å². The minimum absolute atomic E-state index is 0.192. The first-order valence-electron chi connectivity index (χ1n) is 12.2. The van der Waals surface area contributed by atoms with Crippen LogP contribution in [0.1, 0.15) is 29.7 Å². The Bertz CT molecular complexity index is 1440. The highest BCUT2D eigenvalue weighted by Gasteiger charge is 2.25. The Morgan fingerprint density at radius 1 is 1.00 bits per heavy atom. The summed E-state index contributed by atoms with van der Waals surface area (Å²) in [5, 5.41) is 14.9. The minimum Gasteiger partial charge on any atom is -0.506 e. The number of halogens is 1. The number of anilines is 2. The van der Waals surface area contributed by atoms with Crippen molar-refractivity contribution in [1.29, 1.82) is 0 Å². The Morgan fingerprint density at radius 2 is 1.70 bits per heavy atom. The number of ketones is 1. The Hall–Kier alpha value is -4.11. The van der Waals surface area contributed by atoms with Crippen LogP contribution in [0.3, 0.4) is 0 Å². The summed E-state index contributed by atoms with van der Waals surface area (Å²) in [6, 6.07) is 17.0. The van der Waals surface area contributed by atoms with E-state index in [1.54, 1.807) is 36.5 Å². The van der Waals surface area contributed by atoms with Crippen molar-refractivity contribution in [2.45, 2.75) is 19.4 Å². The molecule has 0 radical (unpaired) electrons. The van der Waals surface area contributed by atoms with E-state index in [4.69, 9.17) is 11.6 Å². The molecule has 1 fully saturated rings. The van der Waals surface area contributed by atoms with Gasteiger partial charge in [0, 0.05) is 36.8 Å². The van der Waals surface area contributed by atoms with Gasteiger partial charge in [0.05, 0.1) is 17.6 Å². The monoisotopic (exact) mass is 518 g/mol. The van der Waals surface area contributed by atoms with Crippen LogP contribution < -0.4 is 15.5 Å². The number of carbonyl (C=O) groups excluding carboxylic acids is 1. The van der Waals surface area contributed by atoms with Crippen molar-refractivity contribution in [3.05, 3.63) is 94.3 Å².